The van der Waals surface area contributed by atoms with E-state index in [-0.39, 0.29) is 5.17 Å². The van der Waals surface area contributed by atoms with Crippen molar-refractivity contribution in [2.75, 3.05) is 19.6 Å². The fourth-order valence-corrected chi connectivity index (χ4v) is 1.03. The van der Waals surface area contributed by atoms with Gasteiger partial charge < -0.3 is 9.47 Å². The number of carbonyl (C=O) groups is 1. The van der Waals surface area contributed by atoms with Crippen LogP contribution in [-0.4, -0.2) is 25.4 Å². The van der Waals surface area contributed by atoms with E-state index < -0.39 is 5.97 Å². The van der Waals surface area contributed by atoms with Crippen molar-refractivity contribution in [1.29, 1.82) is 0 Å². The fraction of sp³-hybridized carbons (Fsp3) is 0.200. The third-order valence-corrected chi connectivity index (χ3v) is 1.97. The molecule has 0 fully saturated rings. The molecule has 0 saturated heterocycles. The summed E-state index contributed by atoms with van der Waals surface area (Å²) >= 11 is 5.53. The summed E-state index contributed by atoms with van der Waals surface area (Å²) < 4.78 is 9.36. The maximum atomic E-state index is 10.9. The highest BCUT2D eigenvalue weighted by molar-refractivity contribution is 6.82. The lowest BCUT2D eigenvalue weighted by atomic mass is 10.3. The van der Waals surface area contributed by atoms with Crippen LogP contribution in [-0.2, 0) is 9.53 Å². The standard InChI is InChI=1S/C10H11ClN2O3/c1-15-8-5-3-7(4-6-8)12-13-9(11)10(14)16-2/h3-6,12H,1-2H3. The molecule has 1 N–H and O–H groups in total. The summed E-state index contributed by atoms with van der Waals surface area (Å²) in [7, 11) is 2.81. The Labute approximate surface area is 98.0 Å². The summed E-state index contributed by atoms with van der Waals surface area (Å²) in [5, 5.41) is 3.37. The number of halogens is 1. The van der Waals surface area contributed by atoms with Gasteiger partial charge in [0.15, 0.2) is 0 Å². The highest BCUT2D eigenvalue weighted by Crippen LogP contribution is 2.14. The molecule has 0 bridgehead atoms. The van der Waals surface area contributed by atoms with Gasteiger partial charge >= 0.3 is 5.97 Å². The molecule has 0 aromatic heterocycles. The average molecular weight is 243 g/mol. The van der Waals surface area contributed by atoms with Crippen molar-refractivity contribution in [1.82, 2.24) is 0 Å². The zero-order valence-electron chi connectivity index (χ0n) is 8.86. The Hall–Kier alpha value is -1.75. The lowest BCUT2D eigenvalue weighted by Gasteiger charge is -2.02. The number of anilines is 1. The van der Waals surface area contributed by atoms with Crippen LogP contribution in [0.1, 0.15) is 0 Å². The molecule has 0 aliphatic heterocycles. The van der Waals surface area contributed by atoms with E-state index in [9.17, 15) is 4.79 Å². The van der Waals surface area contributed by atoms with Crippen LogP contribution < -0.4 is 10.2 Å². The SMILES string of the molecule is COC(=O)C(Cl)=NNc1ccc(OC)cc1. The van der Waals surface area contributed by atoms with Crippen molar-refractivity contribution in [2.24, 2.45) is 5.10 Å². The van der Waals surface area contributed by atoms with E-state index in [1.807, 2.05) is 0 Å². The maximum Gasteiger partial charge on any atom is 0.370 e. The van der Waals surface area contributed by atoms with E-state index in [1.54, 1.807) is 31.4 Å². The Bertz CT molecular complexity index is 390. The monoisotopic (exact) mass is 242 g/mol. The molecule has 0 unspecified atom stereocenters. The Morgan fingerprint density at radius 1 is 1.31 bits per heavy atom. The lowest BCUT2D eigenvalue weighted by molar-refractivity contribution is -0.132. The zero-order chi connectivity index (χ0) is 12.0. The summed E-state index contributed by atoms with van der Waals surface area (Å²) in [6.07, 6.45) is 0. The van der Waals surface area contributed by atoms with E-state index in [0.29, 0.717) is 5.69 Å². The van der Waals surface area contributed by atoms with E-state index in [0.717, 1.165) is 5.75 Å². The minimum absolute atomic E-state index is 0.265. The number of carbonyl (C=O) groups excluding carboxylic acids is 1. The van der Waals surface area contributed by atoms with Crippen LogP contribution in [0.3, 0.4) is 0 Å². The van der Waals surface area contributed by atoms with E-state index in [1.165, 1.54) is 7.11 Å². The van der Waals surface area contributed by atoms with Crippen molar-refractivity contribution in [3.05, 3.63) is 24.3 Å². The molecule has 6 heteroatoms. The van der Waals surface area contributed by atoms with Crippen LogP contribution in [0.5, 0.6) is 5.75 Å². The van der Waals surface area contributed by atoms with E-state index in [4.69, 9.17) is 16.3 Å². The minimum Gasteiger partial charge on any atom is -0.497 e. The van der Waals surface area contributed by atoms with Gasteiger partial charge in [-0.3, -0.25) is 5.43 Å². The number of hydrazone groups is 1. The number of methoxy groups -OCH3 is 2. The summed E-state index contributed by atoms with van der Waals surface area (Å²) in [6.45, 7) is 0. The highest BCUT2D eigenvalue weighted by atomic mass is 35.5. The summed E-state index contributed by atoms with van der Waals surface area (Å²) in [6, 6.07) is 6.99. The smallest absolute Gasteiger partial charge is 0.370 e. The molecule has 86 valence electrons. The fourth-order valence-electron chi connectivity index (χ4n) is 0.909. The average Bonchev–Trinajstić information content (AvgIpc) is 2.35. The number of rotatable bonds is 4. The van der Waals surface area contributed by atoms with Crippen molar-refractivity contribution in [3.63, 3.8) is 0 Å². The van der Waals surface area contributed by atoms with Crippen LogP contribution >= 0.6 is 11.6 Å². The zero-order valence-corrected chi connectivity index (χ0v) is 9.62. The van der Waals surface area contributed by atoms with Gasteiger partial charge in [0.2, 0.25) is 5.17 Å². The van der Waals surface area contributed by atoms with Crippen molar-refractivity contribution in [2.45, 2.75) is 0 Å². The second kappa shape index (κ2) is 5.97. The lowest BCUT2D eigenvalue weighted by Crippen LogP contribution is -2.11. The number of nitrogens with one attached hydrogen (secondary N) is 1. The normalized spacial score (nSPS) is 10.8. The first-order valence-corrected chi connectivity index (χ1v) is 4.76. The topological polar surface area (TPSA) is 59.9 Å². The predicted octanol–water partition coefficient (Wildman–Crippen LogP) is 1.83. The Morgan fingerprint density at radius 2 is 1.94 bits per heavy atom. The molecule has 0 amide bonds. The third-order valence-electron chi connectivity index (χ3n) is 1.73. The number of hydrogen-bond acceptors (Lipinski definition) is 5. The van der Waals surface area contributed by atoms with Crippen molar-refractivity contribution >= 4 is 28.4 Å². The molecule has 1 rings (SSSR count). The molecule has 5 nitrogen and oxygen atoms in total. The van der Waals surface area contributed by atoms with Gasteiger partial charge in [-0.1, -0.05) is 11.6 Å². The first kappa shape index (κ1) is 12.3. The Morgan fingerprint density at radius 3 is 2.44 bits per heavy atom. The molecule has 0 aliphatic carbocycles. The number of ether oxygens (including phenoxy) is 2. The molecule has 1 aromatic rings. The molecule has 0 spiro atoms. The van der Waals surface area contributed by atoms with E-state index in [2.05, 4.69) is 15.3 Å². The molecule has 0 heterocycles. The van der Waals surface area contributed by atoms with Crippen LogP contribution in [0, 0.1) is 0 Å². The molecule has 1 aromatic carbocycles. The van der Waals surface area contributed by atoms with Crippen molar-refractivity contribution in [3.8, 4) is 5.75 Å². The molecule has 16 heavy (non-hydrogen) atoms. The van der Waals surface area contributed by atoms with Gasteiger partial charge in [-0.05, 0) is 24.3 Å². The summed E-state index contributed by atoms with van der Waals surface area (Å²) in [4.78, 5) is 10.9. The number of esters is 1. The van der Waals surface area contributed by atoms with Gasteiger partial charge in [0.25, 0.3) is 0 Å². The van der Waals surface area contributed by atoms with Crippen LogP contribution in [0.15, 0.2) is 29.4 Å². The van der Waals surface area contributed by atoms with E-state index >= 15 is 0 Å². The quantitative estimate of drug-likeness (QED) is 0.497. The van der Waals surface area contributed by atoms with Gasteiger partial charge in [-0.25, -0.2) is 4.79 Å². The predicted molar refractivity (Wildman–Crippen MR) is 61.9 cm³/mol. The summed E-state index contributed by atoms with van der Waals surface area (Å²) in [5.74, 6) is 0.0382. The molecule has 0 saturated carbocycles. The first-order chi connectivity index (χ1) is 7.67. The maximum absolute atomic E-state index is 10.9. The Kier molecular flexibility index (Phi) is 4.60. The number of benzene rings is 1. The second-order valence-corrected chi connectivity index (χ2v) is 3.09. The highest BCUT2D eigenvalue weighted by Gasteiger charge is 2.07. The van der Waals surface area contributed by atoms with Crippen LogP contribution in [0.25, 0.3) is 0 Å². The third kappa shape index (κ3) is 3.43. The number of nitrogens with zero attached hydrogens (tertiary/aromatic N) is 1. The van der Waals surface area contributed by atoms with Gasteiger partial charge in [0.1, 0.15) is 5.75 Å². The molecular weight excluding hydrogens is 232 g/mol. The van der Waals surface area contributed by atoms with Gasteiger partial charge in [0.05, 0.1) is 19.9 Å². The first-order valence-electron chi connectivity index (χ1n) is 4.39. The van der Waals surface area contributed by atoms with Gasteiger partial charge in [0, 0.05) is 0 Å². The molecule has 0 radical (unpaired) electrons. The van der Waals surface area contributed by atoms with Gasteiger partial charge in [-0.15, -0.1) is 0 Å². The summed E-state index contributed by atoms with van der Waals surface area (Å²) in [5.41, 5.74) is 3.29. The van der Waals surface area contributed by atoms with Crippen LogP contribution in [0.4, 0.5) is 5.69 Å². The molecule has 0 aliphatic rings. The molecule has 0 atom stereocenters. The number of hydrogen-bond donors (Lipinski definition) is 1. The van der Waals surface area contributed by atoms with Crippen LogP contribution in [0.2, 0.25) is 0 Å². The molecular formula is C10H11ClN2O3. The second-order valence-electron chi connectivity index (χ2n) is 2.73. The Balaban J connectivity index is 2.63. The largest absolute Gasteiger partial charge is 0.497 e. The van der Waals surface area contributed by atoms with Crippen molar-refractivity contribution < 1.29 is 14.3 Å². The van der Waals surface area contributed by atoms with Gasteiger partial charge in [-0.2, -0.15) is 5.10 Å². The minimum atomic E-state index is -0.692.